The summed E-state index contributed by atoms with van der Waals surface area (Å²) in [5.41, 5.74) is 5.52. The summed E-state index contributed by atoms with van der Waals surface area (Å²) in [4.78, 5) is 23.2. The fourth-order valence-electron chi connectivity index (χ4n) is 13.3. The zero-order valence-corrected chi connectivity index (χ0v) is 30.3. The summed E-state index contributed by atoms with van der Waals surface area (Å²) in [5.74, 6) is 2.31. The summed E-state index contributed by atoms with van der Waals surface area (Å²) < 4.78 is 4.87. The number of rotatable bonds is 9. The Kier molecular flexibility index (Phi) is 8.93. The number of hydrogen-bond donors (Lipinski definition) is 2. The van der Waals surface area contributed by atoms with Crippen LogP contribution in [-0.4, -0.2) is 37.2 Å². The number of allylic oxidation sites excluding steroid dienone is 3. The van der Waals surface area contributed by atoms with Crippen molar-refractivity contribution in [1.29, 1.82) is 0 Å². The molecular weight excluding hydrogens is 582 g/mol. The number of nitrogens with one attached hydrogen (secondary N) is 1. The van der Waals surface area contributed by atoms with Crippen molar-refractivity contribution in [2.24, 2.45) is 56.7 Å². The van der Waals surface area contributed by atoms with Gasteiger partial charge in [-0.2, -0.15) is 0 Å². The molecule has 0 aromatic heterocycles. The molecule has 6 rings (SSSR count). The maximum Gasteiger partial charge on any atom is 0.335 e. The summed E-state index contributed by atoms with van der Waals surface area (Å²) in [6.45, 7) is 21.8. The predicted octanol–water partition coefficient (Wildman–Crippen LogP) is 9.58. The van der Waals surface area contributed by atoms with Crippen molar-refractivity contribution in [3.8, 4) is 0 Å². The number of carboxylic acid groups (broad SMARTS) is 1. The largest absolute Gasteiger partial charge is 0.478 e. The maximum atomic E-state index is 11.7. The van der Waals surface area contributed by atoms with Crippen LogP contribution in [0, 0.1) is 56.7 Å². The van der Waals surface area contributed by atoms with Gasteiger partial charge in [-0.05, 0) is 158 Å². The third-order valence-corrected chi connectivity index (χ3v) is 15.7. The van der Waals surface area contributed by atoms with Crippen LogP contribution in [0.5, 0.6) is 0 Å². The highest BCUT2D eigenvalue weighted by Crippen LogP contribution is 2.77. The topological polar surface area (TPSA) is 75.6 Å². The third-order valence-electron chi connectivity index (χ3n) is 15.7. The molecule has 0 radical (unpaired) electrons. The van der Waals surface area contributed by atoms with E-state index < -0.39 is 5.97 Å². The summed E-state index contributed by atoms with van der Waals surface area (Å²) in [6.07, 6.45) is 15.3. The smallest absolute Gasteiger partial charge is 0.335 e. The van der Waals surface area contributed by atoms with Gasteiger partial charge in [0.1, 0.15) is 0 Å². The Morgan fingerprint density at radius 1 is 0.936 bits per heavy atom. The van der Waals surface area contributed by atoms with Crippen LogP contribution >= 0.6 is 0 Å². The van der Waals surface area contributed by atoms with Gasteiger partial charge in [0.15, 0.2) is 0 Å². The number of esters is 1. The van der Waals surface area contributed by atoms with Crippen LogP contribution in [0.25, 0.3) is 5.57 Å². The maximum absolute atomic E-state index is 11.7. The van der Waals surface area contributed by atoms with Gasteiger partial charge < -0.3 is 15.2 Å². The lowest BCUT2D eigenvalue weighted by Crippen LogP contribution is -2.65. The standard InChI is InChI=1S/C42H61NO4/c1-27(2)30-17-22-42(26-43-25-9-10-35(44)47-8)24-23-40(6)32(36(30)42)15-16-34-39(5)20-18-31(28-11-13-29(14-12-28)37(45)46)38(3,4)33(39)19-21-41(34,40)7/h11-14,18,30,32-34,36,43H,1,9-10,15-17,19-26H2,2-8H3,(H,45,46). The van der Waals surface area contributed by atoms with E-state index in [1.807, 2.05) is 12.1 Å². The molecule has 0 saturated heterocycles. The van der Waals surface area contributed by atoms with Gasteiger partial charge >= 0.3 is 11.9 Å². The van der Waals surface area contributed by atoms with Crippen LogP contribution in [-0.2, 0) is 9.53 Å². The second-order valence-corrected chi connectivity index (χ2v) is 17.8. The normalized spacial score (nSPS) is 40.2. The van der Waals surface area contributed by atoms with Crippen molar-refractivity contribution in [1.82, 2.24) is 5.32 Å². The number of carboxylic acids is 1. The van der Waals surface area contributed by atoms with Crippen molar-refractivity contribution < 1.29 is 19.4 Å². The molecular formula is C42H61NO4. The first-order valence-electron chi connectivity index (χ1n) is 18.6. The minimum absolute atomic E-state index is 0.0224. The van der Waals surface area contributed by atoms with Gasteiger partial charge in [-0.25, -0.2) is 4.79 Å². The van der Waals surface area contributed by atoms with E-state index in [-0.39, 0.29) is 16.8 Å². The SMILES string of the molecule is C=C(C)C1CCC2(CNCCCC(=O)OC)CCC3(C)C(CCC4C5(C)CC=C(c6ccc(C(=O)O)cc6)C(C)(C)C5CCC43C)C12. The van der Waals surface area contributed by atoms with E-state index in [4.69, 9.17) is 4.74 Å². The molecule has 1 aromatic rings. The highest BCUT2D eigenvalue weighted by molar-refractivity contribution is 5.88. The van der Waals surface area contributed by atoms with Gasteiger partial charge in [0.25, 0.3) is 0 Å². The Bertz CT molecular complexity index is 1430. The Hall–Kier alpha value is -2.40. The van der Waals surface area contributed by atoms with Crippen LogP contribution in [0.1, 0.15) is 128 Å². The number of aromatic carboxylic acids is 1. The average Bonchev–Trinajstić information content (AvgIpc) is 3.41. The monoisotopic (exact) mass is 643 g/mol. The molecule has 258 valence electrons. The number of ether oxygens (including phenoxy) is 1. The second-order valence-electron chi connectivity index (χ2n) is 17.8. The van der Waals surface area contributed by atoms with Crippen molar-refractivity contribution in [3.05, 3.63) is 53.6 Å². The van der Waals surface area contributed by atoms with Crippen molar-refractivity contribution in [3.63, 3.8) is 0 Å². The molecule has 5 aliphatic rings. The molecule has 2 N–H and O–H groups in total. The lowest BCUT2D eigenvalue weighted by Gasteiger charge is -2.72. The first kappa shape index (κ1) is 34.5. The van der Waals surface area contributed by atoms with Crippen molar-refractivity contribution in [2.75, 3.05) is 20.2 Å². The molecule has 0 bridgehead atoms. The van der Waals surface area contributed by atoms with Gasteiger partial charge in [0.05, 0.1) is 12.7 Å². The number of benzene rings is 1. The first-order chi connectivity index (χ1) is 22.1. The molecule has 1 aromatic carbocycles. The van der Waals surface area contributed by atoms with Gasteiger partial charge in [0.2, 0.25) is 0 Å². The van der Waals surface area contributed by atoms with E-state index in [0.29, 0.717) is 57.8 Å². The van der Waals surface area contributed by atoms with Crippen LogP contribution in [0.2, 0.25) is 0 Å². The van der Waals surface area contributed by atoms with E-state index in [2.05, 4.69) is 59.5 Å². The zero-order valence-electron chi connectivity index (χ0n) is 30.3. The van der Waals surface area contributed by atoms with Crippen molar-refractivity contribution >= 4 is 17.5 Å². The number of fused-ring (bicyclic) bond motifs is 7. The van der Waals surface area contributed by atoms with E-state index >= 15 is 0 Å². The van der Waals surface area contributed by atoms with Gasteiger partial charge in [-0.3, -0.25) is 4.79 Å². The Morgan fingerprint density at radius 2 is 1.66 bits per heavy atom. The fourth-order valence-corrected chi connectivity index (χ4v) is 13.3. The van der Waals surface area contributed by atoms with Gasteiger partial charge in [-0.1, -0.05) is 65.0 Å². The number of carbonyl (C=O) groups is 2. The molecule has 9 unspecified atom stereocenters. The number of carbonyl (C=O) groups excluding carboxylic acids is 1. The van der Waals surface area contributed by atoms with Crippen LogP contribution < -0.4 is 5.32 Å². The molecule has 47 heavy (non-hydrogen) atoms. The molecule has 4 fully saturated rings. The molecule has 5 aliphatic carbocycles. The van der Waals surface area contributed by atoms with E-state index in [1.165, 1.54) is 75.2 Å². The zero-order chi connectivity index (χ0) is 34.0. The summed E-state index contributed by atoms with van der Waals surface area (Å²) in [6, 6.07) is 7.59. The highest BCUT2D eigenvalue weighted by atomic mass is 16.5. The molecule has 0 amide bonds. The van der Waals surface area contributed by atoms with Crippen LogP contribution in [0.3, 0.4) is 0 Å². The second kappa shape index (κ2) is 12.2. The first-order valence-corrected chi connectivity index (χ1v) is 18.6. The quantitative estimate of drug-likeness (QED) is 0.159. The summed E-state index contributed by atoms with van der Waals surface area (Å²) in [7, 11) is 1.48. The lowest BCUT2D eigenvalue weighted by molar-refractivity contribution is -0.225. The van der Waals surface area contributed by atoms with Gasteiger partial charge in [-0.15, -0.1) is 0 Å². The number of methoxy groups -OCH3 is 1. The molecule has 0 heterocycles. The van der Waals surface area contributed by atoms with Gasteiger partial charge in [0, 0.05) is 13.0 Å². The number of hydrogen-bond acceptors (Lipinski definition) is 4. The fraction of sp³-hybridized carbons (Fsp3) is 0.714. The minimum Gasteiger partial charge on any atom is -0.478 e. The Labute approximate surface area is 284 Å². The molecule has 5 heteroatoms. The summed E-state index contributed by atoms with van der Waals surface area (Å²) >= 11 is 0. The highest BCUT2D eigenvalue weighted by Gasteiger charge is 2.70. The summed E-state index contributed by atoms with van der Waals surface area (Å²) in [5, 5.41) is 13.3. The average molecular weight is 644 g/mol. The van der Waals surface area contributed by atoms with E-state index in [9.17, 15) is 14.7 Å². The van der Waals surface area contributed by atoms with E-state index in [1.54, 1.807) is 12.1 Å². The minimum atomic E-state index is -0.865. The van der Waals surface area contributed by atoms with Crippen molar-refractivity contribution in [2.45, 2.75) is 112 Å². The Morgan fingerprint density at radius 3 is 2.32 bits per heavy atom. The molecule has 5 nitrogen and oxygen atoms in total. The molecule has 0 aliphatic heterocycles. The molecule has 9 atom stereocenters. The Balaban J connectivity index is 1.27. The third kappa shape index (κ3) is 5.27. The lowest BCUT2D eigenvalue weighted by atomic mass is 9.32. The molecule has 4 saturated carbocycles. The van der Waals surface area contributed by atoms with E-state index in [0.717, 1.165) is 25.9 Å². The molecule has 0 spiro atoms. The predicted molar refractivity (Wildman–Crippen MR) is 190 cm³/mol. The van der Waals surface area contributed by atoms with Crippen LogP contribution in [0.15, 0.2) is 42.5 Å². The van der Waals surface area contributed by atoms with Crippen LogP contribution in [0.4, 0.5) is 0 Å².